The molecule has 5 rings (SSSR count). The van der Waals surface area contributed by atoms with Crippen molar-refractivity contribution in [1.29, 1.82) is 0 Å². The molecule has 0 aliphatic heterocycles. The Balaban J connectivity index is 0.000000188. The molecule has 0 saturated heterocycles. The third-order valence-electron chi connectivity index (χ3n) is 5.16. The van der Waals surface area contributed by atoms with Gasteiger partial charge in [-0.1, -0.05) is 83.0 Å². The Kier molecular flexibility index (Phi) is 7.62. The summed E-state index contributed by atoms with van der Waals surface area (Å²) in [5, 5.41) is 10.3. The summed E-state index contributed by atoms with van der Waals surface area (Å²) in [7, 11) is 0. The maximum Gasteiger partial charge on any atom is 2.00 e. The number of rotatable bonds is 1. The van der Waals surface area contributed by atoms with E-state index >= 15 is 0 Å². The largest absolute Gasteiger partial charge is 2.00 e. The molecule has 7 heteroatoms. The van der Waals surface area contributed by atoms with E-state index in [0.717, 1.165) is 44.7 Å². The summed E-state index contributed by atoms with van der Waals surface area (Å²) in [6.45, 7) is 12.7. The molecular formula is C27H28N6Pt. The maximum atomic E-state index is 4.61. The minimum Gasteiger partial charge on any atom is -0.573 e. The average Bonchev–Trinajstić information content (AvgIpc) is 3.30. The van der Waals surface area contributed by atoms with Crippen LogP contribution < -0.4 is 5.10 Å². The summed E-state index contributed by atoms with van der Waals surface area (Å²) in [5.74, 6) is 0.810. The van der Waals surface area contributed by atoms with Crippen LogP contribution in [0.3, 0.4) is 0 Å². The third kappa shape index (κ3) is 5.74. The number of fused-ring (bicyclic) bond motifs is 3. The van der Waals surface area contributed by atoms with Crippen molar-refractivity contribution in [2.75, 3.05) is 0 Å². The molecule has 176 valence electrons. The fourth-order valence-corrected chi connectivity index (χ4v) is 3.22. The topological polar surface area (TPSA) is 78.5 Å². The van der Waals surface area contributed by atoms with E-state index in [1.807, 2.05) is 48.5 Å². The Bertz CT molecular complexity index is 1380. The van der Waals surface area contributed by atoms with Gasteiger partial charge in [-0.3, -0.25) is 4.98 Å². The van der Waals surface area contributed by atoms with Crippen molar-refractivity contribution in [3.63, 3.8) is 0 Å². The first-order chi connectivity index (χ1) is 15.6. The molecule has 5 aromatic rings. The van der Waals surface area contributed by atoms with E-state index in [-0.39, 0.29) is 31.9 Å². The van der Waals surface area contributed by atoms with E-state index in [2.05, 4.69) is 77.9 Å². The van der Waals surface area contributed by atoms with Gasteiger partial charge >= 0.3 is 21.1 Å². The van der Waals surface area contributed by atoms with Crippen LogP contribution in [-0.2, 0) is 31.9 Å². The van der Waals surface area contributed by atoms with Gasteiger partial charge in [-0.25, -0.2) is 0 Å². The second-order valence-electron chi connectivity index (χ2n) is 10.0. The number of aromatic nitrogens is 6. The predicted molar refractivity (Wildman–Crippen MR) is 132 cm³/mol. The van der Waals surface area contributed by atoms with E-state index in [9.17, 15) is 0 Å². The zero-order valence-corrected chi connectivity index (χ0v) is 22.5. The van der Waals surface area contributed by atoms with Crippen LogP contribution in [-0.4, -0.2) is 25.0 Å². The number of hydrogen-bond donors (Lipinski definition) is 0. The number of nitrogens with zero attached hydrogens (tertiary/aromatic N) is 6. The standard InChI is InChI=1S/C15H14N3.C12H14N3.Pt/c1-15(2,3)14-17-9-11-12(18-14)7-6-10-5-4-8-16-13(10)11;1-12(2,3)11-8-10(14-15-11)9-6-4-5-7-13-9;/h4-8H,1-3H3;4-8H,1-3H3;/q2*-1;+2. The summed E-state index contributed by atoms with van der Waals surface area (Å²) in [4.78, 5) is 17.6. The molecule has 0 bridgehead atoms. The quantitative estimate of drug-likeness (QED) is 0.175. The monoisotopic (exact) mass is 631 g/mol. The third-order valence-corrected chi connectivity index (χ3v) is 5.16. The molecule has 4 aromatic heterocycles. The van der Waals surface area contributed by atoms with Gasteiger partial charge in [-0.2, -0.15) is 0 Å². The van der Waals surface area contributed by atoms with Gasteiger partial charge in [-0.05, 0) is 46.2 Å². The summed E-state index contributed by atoms with van der Waals surface area (Å²) in [6.07, 6.45) is 6.64. The van der Waals surface area contributed by atoms with Crippen molar-refractivity contribution in [3.05, 3.63) is 78.6 Å². The van der Waals surface area contributed by atoms with Crippen LogP contribution in [0.2, 0.25) is 0 Å². The summed E-state index contributed by atoms with van der Waals surface area (Å²) in [6, 6.07) is 15.8. The van der Waals surface area contributed by atoms with Crippen molar-refractivity contribution in [3.8, 4) is 11.4 Å². The molecule has 0 spiro atoms. The molecule has 0 atom stereocenters. The van der Waals surface area contributed by atoms with Crippen molar-refractivity contribution >= 4 is 21.8 Å². The first-order valence-corrected chi connectivity index (χ1v) is 11.0. The van der Waals surface area contributed by atoms with Gasteiger partial charge in [0.15, 0.2) is 0 Å². The Morgan fingerprint density at radius 3 is 2.24 bits per heavy atom. The molecule has 0 aliphatic carbocycles. The van der Waals surface area contributed by atoms with E-state index < -0.39 is 0 Å². The number of hydrogen-bond acceptors (Lipinski definition) is 5. The second-order valence-corrected chi connectivity index (χ2v) is 10.0. The van der Waals surface area contributed by atoms with Crippen LogP contribution in [0.15, 0.2) is 60.9 Å². The Labute approximate surface area is 214 Å². The maximum absolute atomic E-state index is 4.61. The van der Waals surface area contributed by atoms with Gasteiger partial charge in [0.05, 0.1) is 0 Å². The van der Waals surface area contributed by atoms with E-state index in [4.69, 9.17) is 0 Å². The Morgan fingerprint density at radius 2 is 1.59 bits per heavy atom. The molecular weight excluding hydrogens is 603 g/mol. The molecule has 0 aliphatic rings. The minimum absolute atomic E-state index is 0. The van der Waals surface area contributed by atoms with Gasteiger partial charge in [0, 0.05) is 35.0 Å². The van der Waals surface area contributed by atoms with E-state index in [0.29, 0.717) is 0 Å². The Morgan fingerprint density at radius 1 is 0.824 bits per heavy atom. The fraction of sp³-hybridized carbons (Fsp3) is 0.296. The zero-order chi connectivity index (χ0) is 23.6. The Hall–Kier alpha value is -2.98. The summed E-state index contributed by atoms with van der Waals surface area (Å²) >= 11 is 0. The van der Waals surface area contributed by atoms with Crippen LogP contribution in [0.5, 0.6) is 0 Å². The molecule has 1 aromatic carbocycles. The van der Waals surface area contributed by atoms with Gasteiger partial charge < -0.3 is 25.1 Å². The SMILES string of the molecule is CC(C)(C)c1cc(-c2ccccn2)[n-]n1.CC(C)(C)c1n[c-]c2c(ccc3cccnc32)n1.[Pt+2]. The number of pyridine rings is 2. The average molecular weight is 632 g/mol. The van der Waals surface area contributed by atoms with Crippen LogP contribution in [0, 0.1) is 6.20 Å². The van der Waals surface area contributed by atoms with Gasteiger partial charge in [-0.15, -0.1) is 0 Å². The molecule has 0 amide bonds. The molecule has 4 heterocycles. The minimum atomic E-state index is -0.0657. The van der Waals surface area contributed by atoms with E-state index in [1.165, 1.54) is 0 Å². The normalized spacial score (nSPS) is 11.6. The summed E-state index contributed by atoms with van der Waals surface area (Å²) < 4.78 is 0. The molecule has 34 heavy (non-hydrogen) atoms. The van der Waals surface area contributed by atoms with Crippen molar-refractivity contribution in [2.45, 2.75) is 52.4 Å². The van der Waals surface area contributed by atoms with Crippen molar-refractivity contribution in [2.24, 2.45) is 0 Å². The smallest absolute Gasteiger partial charge is 0.573 e. The molecule has 6 nitrogen and oxygen atoms in total. The zero-order valence-electron chi connectivity index (χ0n) is 20.3. The molecule has 0 fully saturated rings. The van der Waals surface area contributed by atoms with Crippen LogP contribution in [0.1, 0.15) is 53.1 Å². The summed E-state index contributed by atoms with van der Waals surface area (Å²) in [5.41, 5.74) is 4.52. The van der Waals surface area contributed by atoms with Gasteiger partial charge in [0.2, 0.25) is 0 Å². The van der Waals surface area contributed by atoms with E-state index in [1.54, 1.807) is 12.4 Å². The van der Waals surface area contributed by atoms with Crippen molar-refractivity contribution < 1.29 is 21.1 Å². The first kappa shape index (κ1) is 25.6. The molecule has 0 radical (unpaired) electrons. The molecule has 0 unspecified atom stereocenters. The fourth-order valence-electron chi connectivity index (χ4n) is 3.22. The second kappa shape index (κ2) is 10.1. The first-order valence-electron chi connectivity index (χ1n) is 11.0. The van der Waals surface area contributed by atoms with Gasteiger partial charge in [0.1, 0.15) is 0 Å². The van der Waals surface area contributed by atoms with Gasteiger partial charge in [0.25, 0.3) is 0 Å². The van der Waals surface area contributed by atoms with Crippen LogP contribution in [0.25, 0.3) is 33.2 Å². The van der Waals surface area contributed by atoms with Crippen LogP contribution >= 0.6 is 0 Å². The molecule has 0 saturated carbocycles. The predicted octanol–water partition coefficient (Wildman–Crippen LogP) is 5.67. The number of benzene rings is 1. The van der Waals surface area contributed by atoms with Crippen LogP contribution in [0.4, 0.5) is 0 Å². The van der Waals surface area contributed by atoms with Crippen molar-refractivity contribution in [1.82, 2.24) is 30.1 Å². The molecule has 0 N–H and O–H groups in total.